The van der Waals surface area contributed by atoms with Crippen molar-refractivity contribution in [2.75, 3.05) is 0 Å². The minimum atomic E-state index is -0.169. The number of rotatable bonds is 1. The standard InChI is InChI=1S/C10H13N3/c11-10(4-5-10)9-12-6-7-2-1-3-8(7)13-9/h6H,1-5,11H2. The van der Waals surface area contributed by atoms with Crippen molar-refractivity contribution in [3.8, 4) is 0 Å². The minimum Gasteiger partial charge on any atom is -0.319 e. The van der Waals surface area contributed by atoms with Gasteiger partial charge in [0.25, 0.3) is 0 Å². The molecule has 0 aliphatic heterocycles. The largest absolute Gasteiger partial charge is 0.319 e. The molecule has 3 nitrogen and oxygen atoms in total. The predicted octanol–water partition coefficient (Wildman–Crippen LogP) is 0.913. The zero-order valence-corrected chi connectivity index (χ0v) is 7.58. The van der Waals surface area contributed by atoms with Crippen LogP contribution >= 0.6 is 0 Å². The third-order valence-corrected chi connectivity index (χ3v) is 3.05. The second-order valence-electron chi connectivity index (χ2n) is 4.18. The van der Waals surface area contributed by atoms with E-state index in [9.17, 15) is 0 Å². The van der Waals surface area contributed by atoms with E-state index in [1.165, 1.54) is 17.7 Å². The Morgan fingerprint density at radius 1 is 1.31 bits per heavy atom. The molecule has 1 aromatic heterocycles. The lowest BCUT2D eigenvalue weighted by Crippen LogP contribution is -2.22. The van der Waals surface area contributed by atoms with Crippen molar-refractivity contribution in [1.29, 1.82) is 0 Å². The maximum Gasteiger partial charge on any atom is 0.148 e. The molecule has 0 bridgehead atoms. The molecule has 0 unspecified atom stereocenters. The monoisotopic (exact) mass is 175 g/mol. The van der Waals surface area contributed by atoms with Gasteiger partial charge in [-0.1, -0.05) is 0 Å². The van der Waals surface area contributed by atoms with E-state index in [0.29, 0.717) is 0 Å². The molecule has 0 atom stereocenters. The molecule has 2 aliphatic rings. The third-order valence-electron chi connectivity index (χ3n) is 3.05. The number of fused-ring (bicyclic) bond motifs is 1. The Morgan fingerprint density at radius 2 is 2.15 bits per heavy atom. The number of hydrogen-bond acceptors (Lipinski definition) is 3. The first-order chi connectivity index (χ1) is 6.28. The van der Waals surface area contributed by atoms with E-state index in [-0.39, 0.29) is 5.54 Å². The highest BCUT2D eigenvalue weighted by Gasteiger charge is 2.43. The van der Waals surface area contributed by atoms with Crippen LogP contribution in [0.4, 0.5) is 0 Å². The zero-order chi connectivity index (χ0) is 8.89. The molecule has 0 aromatic carbocycles. The second-order valence-corrected chi connectivity index (χ2v) is 4.18. The van der Waals surface area contributed by atoms with Crippen LogP contribution in [0.15, 0.2) is 6.20 Å². The van der Waals surface area contributed by atoms with Crippen molar-refractivity contribution in [3.63, 3.8) is 0 Å². The Kier molecular flexibility index (Phi) is 1.31. The van der Waals surface area contributed by atoms with Gasteiger partial charge < -0.3 is 5.73 Å². The fourth-order valence-corrected chi connectivity index (χ4v) is 1.91. The van der Waals surface area contributed by atoms with Crippen LogP contribution in [0.3, 0.4) is 0 Å². The Hall–Kier alpha value is -0.960. The number of nitrogens with zero attached hydrogens (tertiary/aromatic N) is 2. The number of aryl methyl sites for hydroxylation is 2. The Bertz CT molecular complexity index is 355. The van der Waals surface area contributed by atoms with Gasteiger partial charge in [-0.3, -0.25) is 0 Å². The van der Waals surface area contributed by atoms with E-state index < -0.39 is 0 Å². The van der Waals surface area contributed by atoms with Gasteiger partial charge in [0.1, 0.15) is 5.82 Å². The van der Waals surface area contributed by atoms with Crippen LogP contribution in [0.5, 0.6) is 0 Å². The SMILES string of the molecule is NC1(c2ncc3c(n2)CCC3)CC1. The van der Waals surface area contributed by atoms with Crippen molar-refractivity contribution >= 4 is 0 Å². The van der Waals surface area contributed by atoms with Crippen molar-refractivity contribution < 1.29 is 0 Å². The van der Waals surface area contributed by atoms with E-state index in [0.717, 1.165) is 31.5 Å². The summed E-state index contributed by atoms with van der Waals surface area (Å²) in [5.74, 6) is 0.869. The lowest BCUT2D eigenvalue weighted by atomic mass is 10.2. The van der Waals surface area contributed by atoms with Crippen LogP contribution in [-0.2, 0) is 18.4 Å². The van der Waals surface area contributed by atoms with Gasteiger partial charge >= 0.3 is 0 Å². The van der Waals surface area contributed by atoms with Crippen LogP contribution in [0.25, 0.3) is 0 Å². The van der Waals surface area contributed by atoms with Gasteiger partial charge in [0.15, 0.2) is 0 Å². The van der Waals surface area contributed by atoms with Crippen molar-refractivity contribution in [2.24, 2.45) is 5.73 Å². The van der Waals surface area contributed by atoms with E-state index in [1.54, 1.807) is 0 Å². The molecule has 2 aliphatic carbocycles. The first-order valence-electron chi connectivity index (χ1n) is 4.92. The van der Waals surface area contributed by atoms with Gasteiger partial charge in [-0.25, -0.2) is 9.97 Å². The number of hydrogen-bond donors (Lipinski definition) is 1. The molecule has 0 radical (unpaired) electrons. The smallest absolute Gasteiger partial charge is 0.148 e. The number of aromatic nitrogens is 2. The molecule has 1 heterocycles. The highest BCUT2D eigenvalue weighted by molar-refractivity contribution is 5.26. The summed E-state index contributed by atoms with van der Waals surface area (Å²) in [6.45, 7) is 0. The summed E-state index contributed by atoms with van der Waals surface area (Å²) in [6, 6.07) is 0. The molecule has 13 heavy (non-hydrogen) atoms. The van der Waals surface area contributed by atoms with Gasteiger partial charge in [0, 0.05) is 11.9 Å². The normalized spacial score (nSPS) is 22.8. The van der Waals surface area contributed by atoms with Crippen LogP contribution in [-0.4, -0.2) is 9.97 Å². The topological polar surface area (TPSA) is 51.8 Å². The molecule has 0 saturated heterocycles. The minimum absolute atomic E-state index is 0.169. The fraction of sp³-hybridized carbons (Fsp3) is 0.600. The van der Waals surface area contributed by atoms with E-state index in [4.69, 9.17) is 5.73 Å². The van der Waals surface area contributed by atoms with Crippen LogP contribution < -0.4 is 5.73 Å². The van der Waals surface area contributed by atoms with E-state index in [2.05, 4.69) is 9.97 Å². The highest BCUT2D eigenvalue weighted by atomic mass is 15.0. The number of nitrogens with two attached hydrogens (primary N) is 1. The summed E-state index contributed by atoms with van der Waals surface area (Å²) in [6.07, 6.45) is 7.55. The van der Waals surface area contributed by atoms with Crippen LogP contribution in [0, 0.1) is 0 Å². The Balaban J connectivity index is 2.05. The average Bonchev–Trinajstić information content (AvgIpc) is 2.74. The van der Waals surface area contributed by atoms with E-state index >= 15 is 0 Å². The summed E-state index contributed by atoms with van der Waals surface area (Å²) in [7, 11) is 0. The highest BCUT2D eigenvalue weighted by Crippen LogP contribution is 2.41. The fourth-order valence-electron chi connectivity index (χ4n) is 1.91. The molecule has 0 amide bonds. The summed E-state index contributed by atoms with van der Waals surface area (Å²) >= 11 is 0. The van der Waals surface area contributed by atoms with Gasteiger partial charge in [-0.05, 0) is 37.7 Å². The molecule has 1 aromatic rings. The Morgan fingerprint density at radius 3 is 2.92 bits per heavy atom. The second kappa shape index (κ2) is 2.29. The van der Waals surface area contributed by atoms with Gasteiger partial charge in [-0.15, -0.1) is 0 Å². The van der Waals surface area contributed by atoms with Gasteiger partial charge in [-0.2, -0.15) is 0 Å². The van der Waals surface area contributed by atoms with Gasteiger partial charge in [0.2, 0.25) is 0 Å². The Labute approximate surface area is 77.4 Å². The molecule has 3 heteroatoms. The van der Waals surface area contributed by atoms with Crippen LogP contribution in [0.1, 0.15) is 36.3 Å². The van der Waals surface area contributed by atoms with Crippen molar-refractivity contribution in [2.45, 2.75) is 37.6 Å². The lowest BCUT2D eigenvalue weighted by Gasteiger charge is -2.07. The summed E-state index contributed by atoms with van der Waals surface area (Å²) in [4.78, 5) is 8.90. The molecular weight excluding hydrogens is 162 g/mol. The zero-order valence-electron chi connectivity index (χ0n) is 7.58. The first-order valence-corrected chi connectivity index (χ1v) is 4.92. The molecule has 1 fully saturated rings. The lowest BCUT2D eigenvalue weighted by molar-refractivity contribution is 0.664. The first kappa shape index (κ1) is 7.44. The maximum atomic E-state index is 6.04. The molecule has 3 rings (SSSR count). The summed E-state index contributed by atoms with van der Waals surface area (Å²) in [5.41, 5.74) is 8.43. The quantitative estimate of drug-likeness (QED) is 0.690. The summed E-state index contributed by atoms with van der Waals surface area (Å²) < 4.78 is 0. The average molecular weight is 175 g/mol. The van der Waals surface area contributed by atoms with Gasteiger partial charge in [0.05, 0.1) is 5.54 Å². The molecule has 68 valence electrons. The van der Waals surface area contributed by atoms with E-state index in [1.807, 2.05) is 6.20 Å². The van der Waals surface area contributed by atoms with Crippen molar-refractivity contribution in [1.82, 2.24) is 9.97 Å². The van der Waals surface area contributed by atoms with Crippen LogP contribution in [0.2, 0.25) is 0 Å². The summed E-state index contributed by atoms with van der Waals surface area (Å²) in [5, 5.41) is 0. The maximum absolute atomic E-state index is 6.04. The molecule has 2 N–H and O–H groups in total. The van der Waals surface area contributed by atoms with Crippen molar-refractivity contribution in [3.05, 3.63) is 23.3 Å². The molecule has 1 saturated carbocycles. The third kappa shape index (κ3) is 1.07. The molecule has 0 spiro atoms. The predicted molar refractivity (Wildman–Crippen MR) is 49.2 cm³/mol. The molecular formula is C10H13N3.